The van der Waals surface area contributed by atoms with E-state index in [0.29, 0.717) is 23.3 Å². The molecular formula is C10H14ClN7. The van der Waals surface area contributed by atoms with E-state index in [4.69, 9.17) is 17.4 Å². The summed E-state index contributed by atoms with van der Waals surface area (Å²) in [7, 11) is 1.88. The number of nitrogen functional groups attached to an aromatic ring is 1. The molecule has 2 heterocycles. The summed E-state index contributed by atoms with van der Waals surface area (Å²) in [6.45, 7) is 2.53. The average molecular weight is 268 g/mol. The minimum atomic E-state index is 0.310. The lowest BCUT2D eigenvalue weighted by Crippen LogP contribution is -2.12. The van der Waals surface area contributed by atoms with Gasteiger partial charge in [0.15, 0.2) is 5.82 Å². The Kier molecular flexibility index (Phi) is 3.63. The van der Waals surface area contributed by atoms with Gasteiger partial charge in [0.25, 0.3) is 0 Å². The molecule has 0 atom stereocenters. The number of halogens is 1. The van der Waals surface area contributed by atoms with Crippen LogP contribution in [0.1, 0.15) is 11.3 Å². The lowest BCUT2D eigenvalue weighted by molar-refractivity contribution is 0.756. The Hall–Kier alpha value is -1.86. The number of aromatic nitrogens is 4. The van der Waals surface area contributed by atoms with Gasteiger partial charge in [0.1, 0.15) is 5.02 Å². The van der Waals surface area contributed by atoms with Gasteiger partial charge >= 0.3 is 0 Å². The minimum Gasteiger partial charge on any atom is -0.364 e. The molecule has 0 aliphatic carbocycles. The zero-order chi connectivity index (χ0) is 13.1. The van der Waals surface area contributed by atoms with Crippen LogP contribution in [0.4, 0.5) is 11.8 Å². The van der Waals surface area contributed by atoms with E-state index < -0.39 is 0 Å². The monoisotopic (exact) mass is 267 g/mol. The van der Waals surface area contributed by atoms with Gasteiger partial charge in [-0.1, -0.05) is 11.6 Å². The van der Waals surface area contributed by atoms with Crippen LogP contribution < -0.4 is 16.6 Å². The predicted molar refractivity (Wildman–Crippen MR) is 70.1 cm³/mol. The van der Waals surface area contributed by atoms with Crippen molar-refractivity contribution in [2.75, 3.05) is 10.7 Å². The molecule has 0 aromatic carbocycles. The van der Waals surface area contributed by atoms with E-state index in [9.17, 15) is 0 Å². The van der Waals surface area contributed by atoms with E-state index in [1.54, 1.807) is 4.68 Å². The van der Waals surface area contributed by atoms with E-state index in [-0.39, 0.29) is 0 Å². The Morgan fingerprint density at radius 3 is 2.89 bits per heavy atom. The number of anilines is 2. The van der Waals surface area contributed by atoms with E-state index in [0.717, 1.165) is 11.3 Å². The van der Waals surface area contributed by atoms with Gasteiger partial charge in [-0.3, -0.25) is 10.1 Å². The highest BCUT2D eigenvalue weighted by molar-refractivity contribution is 6.32. The van der Waals surface area contributed by atoms with Crippen LogP contribution in [0, 0.1) is 6.92 Å². The molecule has 7 nitrogen and oxygen atoms in total. The van der Waals surface area contributed by atoms with Crippen molar-refractivity contribution in [1.82, 2.24) is 19.7 Å². The maximum Gasteiger partial charge on any atom is 0.239 e. The Balaban J connectivity index is 2.12. The molecule has 18 heavy (non-hydrogen) atoms. The zero-order valence-electron chi connectivity index (χ0n) is 10.1. The number of hydrogen-bond acceptors (Lipinski definition) is 6. The second-order valence-electron chi connectivity index (χ2n) is 3.80. The van der Waals surface area contributed by atoms with Crippen LogP contribution in [-0.4, -0.2) is 19.7 Å². The molecule has 0 aliphatic rings. The smallest absolute Gasteiger partial charge is 0.239 e. The molecule has 0 amide bonds. The molecule has 0 fully saturated rings. The molecule has 96 valence electrons. The third-order valence-corrected chi connectivity index (χ3v) is 2.71. The maximum atomic E-state index is 5.99. The van der Waals surface area contributed by atoms with Gasteiger partial charge < -0.3 is 5.32 Å². The summed E-state index contributed by atoms with van der Waals surface area (Å²) in [5.74, 6) is 6.08. The normalized spacial score (nSPS) is 10.4. The molecule has 8 heteroatoms. The fourth-order valence-electron chi connectivity index (χ4n) is 1.56. The predicted octanol–water partition coefficient (Wildman–Crippen LogP) is 1.07. The molecular weight excluding hydrogens is 254 g/mol. The Morgan fingerprint density at radius 1 is 1.50 bits per heavy atom. The second-order valence-corrected chi connectivity index (χ2v) is 4.21. The third kappa shape index (κ3) is 2.69. The summed E-state index contributed by atoms with van der Waals surface area (Å²) in [5.41, 5.74) is 4.41. The van der Waals surface area contributed by atoms with Crippen molar-refractivity contribution in [3.8, 4) is 0 Å². The SMILES string of the molecule is Cc1nn(C)cc1CNc1nc(NN)ncc1Cl. The summed E-state index contributed by atoms with van der Waals surface area (Å²) in [6.07, 6.45) is 3.43. The van der Waals surface area contributed by atoms with Gasteiger partial charge in [-0.2, -0.15) is 10.1 Å². The third-order valence-electron chi connectivity index (χ3n) is 2.43. The fourth-order valence-corrected chi connectivity index (χ4v) is 1.72. The van der Waals surface area contributed by atoms with Crippen molar-refractivity contribution in [2.45, 2.75) is 13.5 Å². The van der Waals surface area contributed by atoms with Crippen molar-refractivity contribution in [2.24, 2.45) is 12.9 Å². The van der Waals surface area contributed by atoms with Gasteiger partial charge in [0, 0.05) is 25.4 Å². The summed E-state index contributed by atoms with van der Waals surface area (Å²) in [6, 6.07) is 0. The summed E-state index contributed by atoms with van der Waals surface area (Å²) < 4.78 is 1.76. The largest absolute Gasteiger partial charge is 0.364 e. The first kappa shape index (κ1) is 12.6. The molecule has 0 aliphatic heterocycles. The molecule has 2 aromatic rings. The van der Waals surface area contributed by atoms with Crippen LogP contribution in [0.25, 0.3) is 0 Å². The number of rotatable bonds is 4. The van der Waals surface area contributed by atoms with E-state index >= 15 is 0 Å². The highest BCUT2D eigenvalue weighted by atomic mass is 35.5. The zero-order valence-corrected chi connectivity index (χ0v) is 10.9. The highest BCUT2D eigenvalue weighted by Crippen LogP contribution is 2.20. The quantitative estimate of drug-likeness (QED) is 0.567. The van der Waals surface area contributed by atoms with Crippen LogP contribution >= 0.6 is 11.6 Å². The van der Waals surface area contributed by atoms with Crippen molar-refractivity contribution >= 4 is 23.4 Å². The van der Waals surface area contributed by atoms with Crippen molar-refractivity contribution in [1.29, 1.82) is 0 Å². The molecule has 0 spiro atoms. The summed E-state index contributed by atoms with van der Waals surface area (Å²) in [4.78, 5) is 8.02. The average Bonchev–Trinajstić information content (AvgIpc) is 2.67. The summed E-state index contributed by atoms with van der Waals surface area (Å²) >= 11 is 5.99. The maximum absolute atomic E-state index is 5.99. The Morgan fingerprint density at radius 2 is 2.28 bits per heavy atom. The van der Waals surface area contributed by atoms with Crippen LogP contribution in [0.5, 0.6) is 0 Å². The number of nitrogens with zero attached hydrogens (tertiary/aromatic N) is 4. The van der Waals surface area contributed by atoms with Gasteiger partial charge in [-0.05, 0) is 6.92 Å². The van der Waals surface area contributed by atoms with Gasteiger partial charge in [0.05, 0.1) is 11.9 Å². The van der Waals surface area contributed by atoms with Crippen LogP contribution in [0.2, 0.25) is 5.02 Å². The number of nitrogens with two attached hydrogens (primary N) is 1. The number of hydrogen-bond donors (Lipinski definition) is 3. The first-order valence-corrected chi connectivity index (χ1v) is 5.70. The van der Waals surface area contributed by atoms with Crippen LogP contribution in [0.15, 0.2) is 12.4 Å². The molecule has 0 bridgehead atoms. The van der Waals surface area contributed by atoms with Gasteiger partial charge in [-0.25, -0.2) is 10.8 Å². The second kappa shape index (κ2) is 5.19. The molecule has 2 aromatic heterocycles. The van der Waals surface area contributed by atoms with Gasteiger partial charge in [-0.15, -0.1) is 0 Å². The first-order valence-electron chi connectivity index (χ1n) is 5.32. The first-order chi connectivity index (χ1) is 8.60. The molecule has 4 N–H and O–H groups in total. The molecule has 2 rings (SSSR count). The highest BCUT2D eigenvalue weighted by Gasteiger charge is 2.07. The standard InChI is InChI=1S/C10H14ClN7/c1-6-7(5-18(2)17-6)3-13-9-8(11)4-14-10(15-9)16-12/h4-5H,3,12H2,1-2H3,(H2,13,14,15,16). The minimum absolute atomic E-state index is 0.310. The van der Waals surface area contributed by atoms with E-state index in [1.165, 1.54) is 6.20 Å². The van der Waals surface area contributed by atoms with Crippen LogP contribution in [-0.2, 0) is 13.6 Å². The van der Waals surface area contributed by atoms with Crippen molar-refractivity contribution in [3.05, 3.63) is 28.7 Å². The lowest BCUT2D eigenvalue weighted by atomic mass is 10.2. The summed E-state index contributed by atoms with van der Waals surface area (Å²) in [5, 5.41) is 7.82. The van der Waals surface area contributed by atoms with Gasteiger partial charge in [0.2, 0.25) is 5.95 Å². The molecule has 0 saturated heterocycles. The number of hydrazine groups is 1. The fraction of sp³-hybridized carbons (Fsp3) is 0.300. The number of aryl methyl sites for hydroxylation is 2. The number of nitrogens with one attached hydrogen (secondary N) is 2. The van der Waals surface area contributed by atoms with Crippen molar-refractivity contribution < 1.29 is 0 Å². The Bertz CT molecular complexity index is 551. The van der Waals surface area contributed by atoms with Crippen molar-refractivity contribution in [3.63, 3.8) is 0 Å². The van der Waals surface area contributed by atoms with Crippen LogP contribution in [0.3, 0.4) is 0 Å². The van der Waals surface area contributed by atoms with E-state index in [1.807, 2.05) is 20.2 Å². The molecule has 0 saturated carbocycles. The molecule has 0 unspecified atom stereocenters. The topological polar surface area (TPSA) is 93.7 Å². The Labute approximate surface area is 109 Å². The van der Waals surface area contributed by atoms with E-state index in [2.05, 4.69) is 25.8 Å². The lowest BCUT2D eigenvalue weighted by Gasteiger charge is -2.07. The molecule has 0 radical (unpaired) electrons.